The number of pyridine rings is 1. The number of nitrogens with zero attached hydrogens (tertiary/aromatic N) is 1. The van der Waals surface area contributed by atoms with Crippen molar-refractivity contribution >= 4 is 11.9 Å². The van der Waals surface area contributed by atoms with Crippen LogP contribution in [0.5, 0.6) is 0 Å². The number of rotatable bonds is 4. The minimum Gasteiger partial charge on any atom is -0.481 e. The molecular weight excluding hydrogens is 256 g/mol. The predicted octanol–water partition coefficient (Wildman–Crippen LogP) is 1.77. The van der Waals surface area contributed by atoms with Crippen molar-refractivity contribution in [2.75, 3.05) is 0 Å². The maximum atomic E-state index is 12.0. The molecule has 2 rings (SSSR count). The molecule has 2 N–H and O–H groups in total. The van der Waals surface area contributed by atoms with Gasteiger partial charge in [0.15, 0.2) is 0 Å². The fourth-order valence-corrected chi connectivity index (χ4v) is 2.72. The lowest BCUT2D eigenvalue weighted by molar-refractivity contribution is -0.143. The van der Waals surface area contributed by atoms with Gasteiger partial charge in [-0.1, -0.05) is 19.3 Å². The molecule has 1 heterocycles. The van der Waals surface area contributed by atoms with E-state index >= 15 is 0 Å². The summed E-state index contributed by atoms with van der Waals surface area (Å²) in [6, 6.07) is 3.34. The molecule has 0 spiro atoms. The Kier molecular flexibility index (Phi) is 5.09. The number of hydrogen-bond donors (Lipinski definition) is 2. The molecule has 0 saturated heterocycles. The first kappa shape index (κ1) is 14.5. The smallest absolute Gasteiger partial charge is 0.308 e. The Bertz CT molecular complexity index is 461. The van der Waals surface area contributed by atoms with E-state index in [9.17, 15) is 14.7 Å². The summed E-state index contributed by atoms with van der Waals surface area (Å²) in [6.45, 7) is 0. The van der Waals surface area contributed by atoms with Crippen molar-refractivity contribution in [2.24, 2.45) is 5.92 Å². The summed E-state index contributed by atoms with van der Waals surface area (Å²) in [4.78, 5) is 27.2. The summed E-state index contributed by atoms with van der Waals surface area (Å²) >= 11 is 0. The van der Waals surface area contributed by atoms with E-state index in [4.69, 9.17) is 0 Å². The fourth-order valence-electron chi connectivity index (χ4n) is 2.72. The number of nitrogens with one attached hydrogen (secondary N) is 1. The number of aromatic nitrogens is 1. The first-order valence-electron chi connectivity index (χ1n) is 7.08. The molecule has 5 heteroatoms. The average Bonchev–Trinajstić information content (AvgIpc) is 2.65. The van der Waals surface area contributed by atoms with E-state index < -0.39 is 11.9 Å². The molecule has 20 heavy (non-hydrogen) atoms. The standard InChI is InChI=1S/C15H20N2O3/c18-14(10-11-6-8-16-9-7-11)17-13-5-3-1-2-4-12(13)15(19)20/h6-9,12-13H,1-5,10H2,(H,17,18)(H,19,20). The highest BCUT2D eigenvalue weighted by Gasteiger charge is 2.30. The Morgan fingerprint density at radius 2 is 1.90 bits per heavy atom. The van der Waals surface area contributed by atoms with Crippen LogP contribution in [0.1, 0.15) is 37.7 Å². The third kappa shape index (κ3) is 4.05. The van der Waals surface area contributed by atoms with Crippen molar-refractivity contribution in [3.8, 4) is 0 Å². The van der Waals surface area contributed by atoms with E-state index in [0.717, 1.165) is 31.2 Å². The van der Waals surface area contributed by atoms with Gasteiger partial charge in [0, 0.05) is 18.4 Å². The van der Waals surface area contributed by atoms with E-state index in [1.165, 1.54) is 0 Å². The maximum Gasteiger partial charge on any atom is 0.308 e. The monoisotopic (exact) mass is 276 g/mol. The molecule has 2 atom stereocenters. The van der Waals surface area contributed by atoms with Crippen LogP contribution in [0.3, 0.4) is 0 Å². The van der Waals surface area contributed by atoms with Gasteiger partial charge in [-0.2, -0.15) is 0 Å². The molecule has 0 radical (unpaired) electrons. The first-order chi connectivity index (χ1) is 9.66. The molecular formula is C15H20N2O3. The molecule has 1 aromatic heterocycles. The summed E-state index contributed by atoms with van der Waals surface area (Å²) in [5, 5.41) is 12.2. The number of carbonyl (C=O) groups is 2. The van der Waals surface area contributed by atoms with Crippen LogP contribution in [0.25, 0.3) is 0 Å². The number of carboxylic acids is 1. The van der Waals surface area contributed by atoms with Crippen molar-refractivity contribution in [1.29, 1.82) is 0 Å². The van der Waals surface area contributed by atoms with Gasteiger partial charge in [-0.05, 0) is 30.5 Å². The van der Waals surface area contributed by atoms with Crippen LogP contribution in [0.2, 0.25) is 0 Å². The SMILES string of the molecule is O=C(Cc1ccncc1)NC1CCCCCC1C(=O)O. The molecule has 0 aromatic carbocycles. The van der Waals surface area contributed by atoms with Crippen molar-refractivity contribution in [1.82, 2.24) is 10.3 Å². The van der Waals surface area contributed by atoms with Gasteiger partial charge in [0.1, 0.15) is 0 Å². The number of hydrogen-bond acceptors (Lipinski definition) is 3. The van der Waals surface area contributed by atoms with Gasteiger partial charge in [0.05, 0.1) is 12.3 Å². The second kappa shape index (κ2) is 7.03. The van der Waals surface area contributed by atoms with Gasteiger partial charge in [0.25, 0.3) is 0 Å². The zero-order valence-electron chi connectivity index (χ0n) is 11.4. The third-order valence-electron chi connectivity index (χ3n) is 3.79. The minimum atomic E-state index is -0.805. The van der Waals surface area contributed by atoms with Gasteiger partial charge in [0.2, 0.25) is 5.91 Å². The number of carboxylic acid groups (broad SMARTS) is 1. The Labute approximate surface area is 118 Å². The van der Waals surface area contributed by atoms with Crippen molar-refractivity contribution in [3.63, 3.8) is 0 Å². The van der Waals surface area contributed by atoms with Crippen LogP contribution in [0.4, 0.5) is 0 Å². The van der Waals surface area contributed by atoms with Gasteiger partial charge < -0.3 is 10.4 Å². The second-order valence-electron chi connectivity index (χ2n) is 5.29. The van der Waals surface area contributed by atoms with Gasteiger partial charge in [-0.15, -0.1) is 0 Å². The van der Waals surface area contributed by atoms with Crippen LogP contribution in [0.15, 0.2) is 24.5 Å². The fraction of sp³-hybridized carbons (Fsp3) is 0.533. The molecule has 0 bridgehead atoms. The zero-order chi connectivity index (χ0) is 14.4. The summed E-state index contributed by atoms with van der Waals surface area (Å²) in [5.41, 5.74) is 0.887. The van der Waals surface area contributed by atoms with Crippen molar-refractivity contribution < 1.29 is 14.7 Å². The van der Waals surface area contributed by atoms with Crippen LogP contribution in [-0.4, -0.2) is 28.0 Å². The van der Waals surface area contributed by atoms with Crippen molar-refractivity contribution in [3.05, 3.63) is 30.1 Å². The first-order valence-corrected chi connectivity index (χ1v) is 7.08. The number of aliphatic carboxylic acids is 1. The highest BCUT2D eigenvalue weighted by Crippen LogP contribution is 2.23. The second-order valence-corrected chi connectivity index (χ2v) is 5.29. The van der Waals surface area contributed by atoms with Gasteiger partial charge in [-0.25, -0.2) is 0 Å². The molecule has 1 aliphatic carbocycles. The van der Waals surface area contributed by atoms with E-state index in [-0.39, 0.29) is 18.4 Å². The Morgan fingerprint density at radius 3 is 2.60 bits per heavy atom. The zero-order valence-corrected chi connectivity index (χ0v) is 11.4. The molecule has 2 unspecified atom stereocenters. The Hall–Kier alpha value is -1.91. The van der Waals surface area contributed by atoms with E-state index in [1.807, 2.05) is 0 Å². The van der Waals surface area contributed by atoms with E-state index in [2.05, 4.69) is 10.3 Å². The lowest BCUT2D eigenvalue weighted by Gasteiger charge is -2.22. The Morgan fingerprint density at radius 1 is 1.20 bits per heavy atom. The molecule has 5 nitrogen and oxygen atoms in total. The third-order valence-corrected chi connectivity index (χ3v) is 3.79. The topological polar surface area (TPSA) is 79.3 Å². The van der Waals surface area contributed by atoms with E-state index in [1.54, 1.807) is 24.5 Å². The molecule has 1 fully saturated rings. The molecule has 1 amide bonds. The predicted molar refractivity (Wildman–Crippen MR) is 74.1 cm³/mol. The Balaban J connectivity index is 1.95. The van der Waals surface area contributed by atoms with Crippen LogP contribution < -0.4 is 5.32 Å². The summed E-state index contributed by atoms with van der Waals surface area (Å²) in [7, 11) is 0. The maximum absolute atomic E-state index is 12.0. The van der Waals surface area contributed by atoms with Gasteiger partial charge >= 0.3 is 5.97 Å². The highest BCUT2D eigenvalue weighted by atomic mass is 16.4. The van der Waals surface area contributed by atoms with Crippen molar-refractivity contribution in [2.45, 2.75) is 44.6 Å². The average molecular weight is 276 g/mol. The molecule has 0 aliphatic heterocycles. The highest BCUT2D eigenvalue weighted by molar-refractivity contribution is 5.80. The van der Waals surface area contributed by atoms with Gasteiger partial charge in [-0.3, -0.25) is 14.6 Å². The van der Waals surface area contributed by atoms with Crippen LogP contribution >= 0.6 is 0 Å². The molecule has 108 valence electrons. The van der Waals surface area contributed by atoms with Crippen LogP contribution in [-0.2, 0) is 16.0 Å². The largest absolute Gasteiger partial charge is 0.481 e. The lowest BCUT2D eigenvalue weighted by Crippen LogP contribution is -2.43. The summed E-state index contributed by atoms with van der Waals surface area (Å²) < 4.78 is 0. The molecule has 1 aliphatic rings. The minimum absolute atomic E-state index is 0.116. The molecule has 1 aromatic rings. The number of amides is 1. The number of carbonyl (C=O) groups excluding carboxylic acids is 1. The normalized spacial score (nSPS) is 22.8. The molecule has 1 saturated carbocycles. The van der Waals surface area contributed by atoms with Crippen LogP contribution in [0, 0.1) is 5.92 Å². The van der Waals surface area contributed by atoms with E-state index in [0.29, 0.717) is 6.42 Å². The lowest BCUT2D eigenvalue weighted by atomic mass is 9.94. The summed E-state index contributed by atoms with van der Waals surface area (Å²) in [5.74, 6) is -1.38. The quantitative estimate of drug-likeness (QED) is 0.821. The summed E-state index contributed by atoms with van der Waals surface area (Å²) in [6.07, 6.45) is 7.90.